The molecule has 1 N–H and O–H groups in total. The average Bonchev–Trinajstić information content (AvgIpc) is 2.92. The number of para-hydroxylation sites is 1. The number of benzene rings is 1. The normalized spacial score (nSPS) is 20.0. The lowest BCUT2D eigenvalue weighted by molar-refractivity contribution is -0.139. The van der Waals surface area contributed by atoms with E-state index in [1.165, 1.54) is 5.56 Å². The number of carbonyl (C=O) groups is 1. The van der Waals surface area contributed by atoms with Crippen molar-refractivity contribution in [3.05, 3.63) is 46.8 Å². The van der Waals surface area contributed by atoms with E-state index in [2.05, 4.69) is 5.10 Å². The van der Waals surface area contributed by atoms with Crippen LogP contribution in [0.5, 0.6) is 5.75 Å². The van der Waals surface area contributed by atoms with Crippen LogP contribution in [0.3, 0.4) is 0 Å². The monoisotopic (exact) mass is 371 g/mol. The van der Waals surface area contributed by atoms with Crippen molar-refractivity contribution >= 4 is 5.91 Å². The van der Waals surface area contributed by atoms with Crippen LogP contribution < -0.4 is 4.74 Å². The molecule has 1 aliphatic heterocycles. The molecule has 0 radical (unpaired) electrons. The highest BCUT2D eigenvalue weighted by Crippen LogP contribution is 2.37. The lowest BCUT2D eigenvalue weighted by atomic mass is 9.85. The summed E-state index contributed by atoms with van der Waals surface area (Å²) in [6.07, 6.45) is 1.76. The van der Waals surface area contributed by atoms with Crippen LogP contribution >= 0.6 is 0 Å². The van der Waals surface area contributed by atoms with E-state index in [1.807, 2.05) is 49.7 Å². The zero-order valence-corrected chi connectivity index (χ0v) is 16.7. The second-order valence-electron chi connectivity index (χ2n) is 7.42. The van der Waals surface area contributed by atoms with Crippen molar-refractivity contribution in [1.82, 2.24) is 14.7 Å². The summed E-state index contributed by atoms with van der Waals surface area (Å²) < 4.78 is 7.32. The van der Waals surface area contributed by atoms with Gasteiger partial charge in [-0.15, -0.1) is 0 Å². The smallest absolute Gasteiger partial charge is 0.224 e. The quantitative estimate of drug-likeness (QED) is 0.878. The van der Waals surface area contributed by atoms with Crippen molar-refractivity contribution in [3.63, 3.8) is 0 Å². The summed E-state index contributed by atoms with van der Waals surface area (Å²) in [5.41, 5.74) is 2.95. The zero-order valence-electron chi connectivity index (χ0n) is 16.7. The molecule has 146 valence electrons. The number of amides is 1. The van der Waals surface area contributed by atoms with Crippen LogP contribution in [0.15, 0.2) is 24.3 Å². The van der Waals surface area contributed by atoms with Crippen LogP contribution in [-0.4, -0.2) is 45.9 Å². The van der Waals surface area contributed by atoms with Gasteiger partial charge in [-0.1, -0.05) is 18.2 Å². The minimum atomic E-state index is -1.07. The Morgan fingerprint density at radius 1 is 1.30 bits per heavy atom. The summed E-state index contributed by atoms with van der Waals surface area (Å²) in [7, 11) is 1.60. The number of hydrogen-bond acceptors (Lipinski definition) is 4. The van der Waals surface area contributed by atoms with Crippen molar-refractivity contribution in [3.8, 4) is 5.75 Å². The van der Waals surface area contributed by atoms with E-state index in [-0.39, 0.29) is 5.91 Å². The lowest BCUT2D eigenvalue weighted by Gasteiger charge is -2.40. The van der Waals surface area contributed by atoms with Gasteiger partial charge in [0.2, 0.25) is 5.91 Å². The van der Waals surface area contributed by atoms with Gasteiger partial charge < -0.3 is 14.7 Å². The fourth-order valence-electron chi connectivity index (χ4n) is 3.86. The summed E-state index contributed by atoms with van der Waals surface area (Å²) in [6.45, 7) is 7.59. The number of likely N-dealkylation sites (tertiary alicyclic amines) is 1. The molecule has 2 aromatic rings. The Morgan fingerprint density at radius 3 is 2.70 bits per heavy atom. The van der Waals surface area contributed by atoms with Crippen molar-refractivity contribution in [2.24, 2.45) is 0 Å². The van der Waals surface area contributed by atoms with Gasteiger partial charge in [-0.2, -0.15) is 5.10 Å². The SMILES string of the molecule is COc1ccccc1[C@]1(O)CCCN(C(=O)CCn2nc(C)c(C)c2C)C1. The molecule has 6 nitrogen and oxygen atoms in total. The van der Waals surface area contributed by atoms with Crippen molar-refractivity contribution in [2.75, 3.05) is 20.2 Å². The number of aryl methyl sites for hydroxylation is 2. The molecule has 1 atom stereocenters. The molecule has 2 heterocycles. The van der Waals surface area contributed by atoms with Gasteiger partial charge in [-0.05, 0) is 45.2 Å². The first-order valence-corrected chi connectivity index (χ1v) is 9.50. The Morgan fingerprint density at radius 2 is 2.04 bits per heavy atom. The van der Waals surface area contributed by atoms with Crippen molar-refractivity contribution in [2.45, 2.75) is 52.2 Å². The molecule has 0 bridgehead atoms. The number of aromatic nitrogens is 2. The number of β-amino-alcohol motifs (C(OH)–C–C–N with tert-alkyl or cyclic N) is 1. The Balaban J connectivity index is 1.70. The van der Waals surface area contributed by atoms with Crippen LogP contribution in [0.2, 0.25) is 0 Å². The average molecular weight is 371 g/mol. The minimum Gasteiger partial charge on any atom is -0.496 e. The van der Waals surface area contributed by atoms with Crippen molar-refractivity contribution in [1.29, 1.82) is 0 Å². The van der Waals surface area contributed by atoms with Crippen LogP contribution in [0.1, 0.15) is 41.8 Å². The first-order valence-electron chi connectivity index (χ1n) is 9.50. The number of methoxy groups -OCH3 is 1. The predicted molar refractivity (Wildman–Crippen MR) is 104 cm³/mol. The molecule has 1 fully saturated rings. The van der Waals surface area contributed by atoms with Gasteiger partial charge in [0.25, 0.3) is 0 Å². The summed E-state index contributed by atoms with van der Waals surface area (Å²) in [5, 5.41) is 15.8. The number of aliphatic hydroxyl groups is 1. The fraction of sp³-hybridized carbons (Fsp3) is 0.524. The summed E-state index contributed by atoms with van der Waals surface area (Å²) >= 11 is 0. The minimum absolute atomic E-state index is 0.0493. The molecular formula is C21H29N3O3. The molecule has 0 unspecified atom stereocenters. The Bertz CT molecular complexity index is 830. The van der Waals surface area contributed by atoms with Crippen LogP contribution in [0.4, 0.5) is 0 Å². The molecule has 1 aromatic heterocycles. The molecular weight excluding hydrogens is 342 g/mol. The number of rotatable bonds is 5. The molecule has 3 rings (SSSR count). The second-order valence-corrected chi connectivity index (χ2v) is 7.42. The van der Waals surface area contributed by atoms with Gasteiger partial charge in [-0.3, -0.25) is 9.48 Å². The zero-order chi connectivity index (χ0) is 19.6. The largest absolute Gasteiger partial charge is 0.496 e. The number of piperidine rings is 1. The summed E-state index contributed by atoms with van der Waals surface area (Å²) in [4.78, 5) is 14.6. The third kappa shape index (κ3) is 3.86. The third-order valence-electron chi connectivity index (χ3n) is 5.71. The molecule has 0 aliphatic carbocycles. The number of carbonyl (C=O) groups excluding carboxylic acids is 1. The predicted octanol–water partition coefficient (Wildman–Crippen LogP) is 2.72. The van der Waals surface area contributed by atoms with E-state index < -0.39 is 5.60 Å². The van der Waals surface area contributed by atoms with Crippen molar-refractivity contribution < 1.29 is 14.6 Å². The van der Waals surface area contributed by atoms with Gasteiger partial charge in [-0.25, -0.2) is 0 Å². The van der Waals surface area contributed by atoms with Crippen LogP contribution in [-0.2, 0) is 16.9 Å². The number of nitrogens with zero attached hydrogens (tertiary/aromatic N) is 3. The standard InChI is InChI=1S/C21H29N3O3/c1-15-16(2)22-24(17(15)3)13-10-20(25)23-12-7-11-21(26,14-23)18-8-5-6-9-19(18)27-4/h5-6,8-9,26H,7,10-14H2,1-4H3/t21-/m0/s1. The van der Waals surface area contributed by atoms with E-state index in [4.69, 9.17) is 4.74 Å². The van der Waals surface area contributed by atoms with E-state index in [9.17, 15) is 9.90 Å². The third-order valence-corrected chi connectivity index (χ3v) is 5.71. The molecule has 0 spiro atoms. The van der Waals surface area contributed by atoms with E-state index in [0.717, 1.165) is 23.4 Å². The lowest BCUT2D eigenvalue weighted by Crippen LogP contribution is -2.48. The van der Waals surface area contributed by atoms with E-state index >= 15 is 0 Å². The first kappa shape index (κ1) is 19.4. The van der Waals surface area contributed by atoms with Gasteiger partial charge in [0, 0.05) is 30.8 Å². The molecule has 0 saturated carbocycles. The number of ether oxygens (including phenoxy) is 1. The maximum absolute atomic E-state index is 12.8. The second kappa shape index (κ2) is 7.72. The highest BCUT2D eigenvalue weighted by atomic mass is 16.5. The number of hydrogen-bond donors (Lipinski definition) is 1. The molecule has 1 aliphatic rings. The highest BCUT2D eigenvalue weighted by Gasteiger charge is 2.38. The maximum atomic E-state index is 12.8. The molecule has 1 amide bonds. The molecule has 1 saturated heterocycles. The Hall–Kier alpha value is -2.34. The molecule has 1 aromatic carbocycles. The van der Waals surface area contributed by atoms with Gasteiger partial charge >= 0.3 is 0 Å². The van der Waals surface area contributed by atoms with Crippen LogP contribution in [0.25, 0.3) is 0 Å². The van der Waals surface area contributed by atoms with Gasteiger partial charge in [0.05, 0.1) is 19.3 Å². The van der Waals surface area contributed by atoms with Gasteiger partial charge in [0.1, 0.15) is 11.4 Å². The van der Waals surface area contributed by atoms with E-state index in [0.29, 0.717) is 38.2 Å². The maximum Gasteiger partial charge on any atom is 0.224 e. The Kier molecular flexibility index (Phi) is 5.56. The molecule has 27 heavy (non-hydrogen) atoms. The van der Waals surface area contributed by atoms with Crippen LogP contribution in [0, 0.1) is 20.8 Å². The molecule has 6 heteroatoms. The van der Waals surface area contributed by atoms with Gasteiger partial charge in [0.15, 0.2) is 0 Å². The highest BCUT2D eigenvalue weighted by molar-refractivity contribution is 5.76. The first-order chi connectivity index (χ1) is 12.9. The summed E-state index contributed by atoms with van der Waals surface area (Å²) in [5.74, 6) is 0.709. The fourth-order valence-corrected chi connectivity index (χ4v) is 3.86. The summed E-state index contributed by atoms with van der Waals surface area (Å²) in [6, 6.07) is 7.50. The van der Waals surface area contributed by atoms with E-state index in [1.54, 1.807) is 12.0 Å². The topological polar surface area (TPSA) is 67.6 Å². The Labute approximate surface area is 160 Å².